The van der Waals surface area contributed by atoms with Crippen molar-refractivity contribution in [3.63, 3.8) is 0 Å². The summed E-state index contributed by atoms with van der Waals surface area (Å²) in [5, 5.41) is 0.204. The van der Waals surface area contributed by atoms with Crippen LogP contribution in [0, 0.1) is 0 Å². The summed E-state index contributed by atoms with van der Waals surface area (Å²) in [5.74, 6) is 1.04. The molecule has 0 saturated carbocycles. The number of benzene rings is 1. The molecule has 0 aliphatic carbocycles. The number of halogens is 1. The molecule has 0 radical (unpaired) electrons. The van der Waals surface area contributed by atoms with Gasteiger partial charge >= 0.3 is 0 Å². The number of rotatable bonds is 4. The van der Waals surface area contributed by atoms with Crippen molar-refractivity contribution in [2.45, 2.75) is 23.8 Å². The highest BCUT2D eigenvalue weighted by atomic mass is 35.5. The minimum absolute atomic E-state index is 0.0687. The quantitative estimate of drug-likeness (QED) is 0.780. The average Bonchev–Trinajstić information content (AvgIpc) is 2.40. The number of sulfonamides is 1. The van der Waals surface area contributed by atoms with Gasteiger partial charge in [0.15, 0.2) is 0 Å². The van der Waals surface area contributed by atoms with E-state index in [0.717, 1.165) is 0 Å². The highest BCUT2D eigenvalue weighted by molar-refractivity contribution is 7.89. The fourth-order valence-electron chi connectivity index (χ4n) is 2.06. The second-order valence-corrected chi connectivity index (χ2v) is 9.01. The smallest absolute Gasteiger partial charge is 0.240 e. The summed E-state index contributed by atoms with van der Waals surface area (Å²) in [4.78, 5) is 0.186. The van der Waals surface area contributed by atoms with Crippen molar-refractivity contribution in [2.24, 2.45) is 5.73 Å². The fraction of sp³-hybridized carbons (Fsp3) is 0.417. The highest BCUT2D eigenvalue weighted by Crippen LogP contribution is 2.22. The van der Waals surface area contributed by atoms with Crippen molar-refractivity contribution in [1.29, 1.82) is 0 Å². The second-order valence-electron chi connectivity index (χ2n) is 4.75. The van der Waals surface area contributed by atoms with Crippen LogP contribution in [0.15, 0.2) is 23.1 Å². The van der Waals surface area contributed by atoms with Crippen LogP contribution in [0.1, 0.15) is 18.4 Å². The first-order valence-corrected chi connectivity index (χ1v) is 10.0. The molecule has 0 spiro atoms. The molecule has 1 saturated heterocycles. The van der Waals surface area contributed by atoms with Crippen LogP contribution < -0.4 is 10.5 Å². The van der Waals surface area contributed by atoms with Crippen molar-refractivity contribution < 1.29 is 12.6 Å². The maximum atomic E-state index is 12.3. The molecule has 116 valence electrons. The summed E-state index contributed by atoms with van der Waals surface area (Å²) < 4.78 is 38.5. The molecule has 21 heavy (non-hydrogen) atoms. The highest BCUT2D eigenvalue weighted by Gasteiger charge is 2.24. The summed E-state index contributed by atoms with van der Waals surface area (Å²) in [6.07, 6.45) is 1.15. The van der Waals surface area contributed by atoms with Gasteiger partial charge in [0.05, 0.1) is 9.92 Å². The molecular formula is C12H15ClN2O3S3. The lowest BCUT2D eigenvalue weighted by molar-refractivity contribution is 0.522. The Morgan fingerprint density at radius 1 is 1.38 bits per heavy atom. The Bertz CT molecular complexity index is 681. The lowest BCUT2D eigenvalue weighted by atomic mass is 10.2. The van der Waals surface area contributed by atoms with E-state index in [-0.39, 0.29) is 20.9 Å². The van der Waals surface area contributed by atoms with E-state index >= 15 is 0 Å². The normalized spacial score (nSPS) is 22.9. The van der Waals surface area contributed by atoms with Crippen LogP contribution in [0.3, 0.4) is 0 Å². The fourth-order valence-corrected chi connectivity index (χ4v) is 5.27. The first kappa shape index (κ1) is 16.8. The van der Waals surface area contributed by atoms with Gasteiger partial charge in [-0.1, -0.05) is 23.8 Å². The van der Waals surface area contributed by atoms with Crippen LogP contribution in [0.2, 0.25) is 5.02 Å². The number of nitrogens with two attached hydrogens (primary N) is 1. The van der Waals surface area contributed by atoms with Gasteiger partial charge < -0.3 is 5.73 Å². The maximum absolute atomic E-state index is 12.3. The summed E-state index contributed by atoms with van der Waals surface area (Å²) >= 11 is 10.8. The third-order valence-corrected chi connectivity index (χ3v) is 6.66. The molecular weight excluding hydrogens is 352 g/mol. The molecule has 9 heteroatoms. The third kappa shape index (κ3) is 4.23. The minimum atomic E-state index is -3.66. The van der Waals surface area contributed by atoms with Gasteiger partial charge in [-0.2, -0.15) is 0 Å². The van der Waals surface area contributed by atoms with Gasteiger partial charge in [-0.3, -0.25) is 4.21 Å². The number of hydrogen-bond acceptors (Lipinski definition) is 4. The van der Waals surface area contributed by atoms with E-state index < -0.39 is 20.8 Å². The first-order valence-electron chi connectivity index (χ1n) is 6.26. The molecule has 2 rings (SSSR count). The lowest BCUT2D eigenvalue weighted by Gasteiger charge is -2.22. The van der Waals surface area contributed by atoms with Crippen molar-refractivity contribution >= 4 is 49.6 Å². The van der Waals surface area contributed by atoms with Crippen molar-refractivity contribution in [2.75, 3.05) is 11.5 Å². The molecule has 0 bridgehead atoms. The molecule has 0 unspecified atom stereocenters. The van der Waals surface area contributed by atoms with Crippen LogP contribution in [-0.2, 0) is 20.8 Å². The molecule has 1 aliphatic heterocycles. The Hall–Kier alpha value is -0.540. The van der Waals surface area contributed by atoms with E-state index in [0.29, 0.717) is 29.9 Å². The van der Waals surface area contributed by atoms with E-state index in [1.807, 2.05) is 0 Å². The Morgan fingerprint density at radius 2 is 2.00 bits per heavy atom. The predicted molar refractivity (Wildman–Crippen MR) is 88.6 cm³/mol. The SMILES string of the molecule is NC(=S)c1ccc(S(=O)(=O)NC2CCS(=O)CC2)cc1Cl. The lowest BCUT2D eigenvalue weighted by Crippen LogP contribution is -2.39. The molecule has 0 atom stereocenters. The molecule has 3 N–H and O–H groups in total. The monoisotopic (exact) mass is 366 g/mol. The molecule has 0 amide bonds. The largest absolute Gasteiger partial charge is 0.389 e. The molecule has 1 heterocycles. The predicted octanol–water partition coefficient (Wildman–Crippen LogP) is 1.16. The Kier molecular flexibility index (Phi) is 5.37. The number of thiocarbonyl (C=S) groups is 1. The zero-order valence-corrected chi connectivity index (χ0v) is 14.2. The van der Waals surface area contributed by atoms with Crippen LogP contribution in [0.5, 0.6) is 0 Å². The van der Waals surface area contributed by atoms with Crippen LogP contribution in [-0.4, -0.2) is 35.2 Å². The Labute approximate surface area is 136 Å². The minimum Gasteiger partial charge on any atom is -0.389 e. The van der Waals surface area contributed by atoms with Crippen LogP contribution in [0.25, 0.3) is 0 Å². The Balaban J connectivity index is 2.18. The topological polar surface area (TPSA) is 89.3 Å². The summed E-state index contributed by atoms with van der Waals surface area (Å²) in [6, 6.07) is 4.06. The maximum Gasteiger partial charge on any atom is 0.240 e. The molecule has 1 aromatic rings. The zero-order chi connectivity index (χ0) is 15.6. The standard InChI is InChI=1S/C12H15ClN2O3S3/c13-11-7-9(1-2-10(11)12(14)19)21(17,18)15-8-3-5-20(16)6-4-8/h1-2,7-8,15H,3-6H2,(H2,14,19). The molecule has 5 nitrogen and oxygen atoms in total. The van der Waals surface area contributed by atoms with Gasteiger partial charge in [-0.25, -0.2) is 13.1 Å². The Morgan fingerprint density at radius 3 is 2.52 bits per heavy atom. The zero-order valence-electron chi connectivity index (χ0n) is 11.0. The molecule has 1 fully saturated rings. The van der Waals surface area contributed by atoms with Gasteiger partial charge in [0.1, 0.15) is 4.99 Å². The van der Waals surface area contributed by atoms with Gasteiger partial charge in [0, 0.05) is 33.9 Å². The van der Waals surface area contributed by atoms with E-state index in [1.165, 1.54) is 18.2 Å². The first-order chi connectivity index (χ1) is 9.79. The molecule has 0 aromatic heterocycles. The van der Waals surface area contributed by atoms with Gasteiger partial charge in [0.2, 0.25) is 10.0 Å². The summed E-state index contributed by atoms with van der Waals surface area (Å²) in [6.45, 7) is 0. The van der Waals surface area contributed by atoms with Crippen LogP contribution in [0.4, 0.5) is 0 Å². The van der Waals surface area contributed by atoms with Gasteiger partial charge in [-0.05, 0) is 31.0 Å². The molecule has 1 aliphatic rings. The number of hydrogen-bond donors (Lipinski definition) is 2. The van der Waals surface area contributed by atoms with Gasteiger partial charge in [0.25, 0.3) is 0 Å². The number of nitrogens with one attached hydrogen (secondary N) is 1. The van der Waals surface area contributed by atoms with Crippen molar-refractivity contribution in [3.8, 4) is 0 Å². The van der Waals surface area contributed by atoms with E-state index in [1.54, 1.807) is 0 Å². The summed E-state index contributed by atoms with van der Waals surface area (Å²) in [7, 11) is -4.49. The van der Waals surface area contributed by atoms with Gasteiger partial charge in [-0.15, -0.1) is 0 Å². The van der Waals surface area contributed by atoms with Crippen LogP contribution >= 0.6 is 23.8 Å². The van der Waals surface area contributed by atoms with E-state index in [4.69, 9.17) is 29.6 Å². The van der Waals surface area contributed by atoms with Crippen molar-refractivity contribution in [1.82, 2.24) is 4.72 Å². The van der Waals surface area contributed by atoms with Crippen molar-refractivity contribution in [3.05, 3.63) is 28.8 Å². The third-order valence-electron chi connectivity index (χ3n) is 3.23. The molecule has 1 aromatic carbocycles. The summed E-state index contributed by atoms with van der Waals surface area (Å²) in [5.41, 5.74) is 5.93. The van der Waals surface area contributed by atoms with E-state index in [9.17, 15) is 12.6 Å². The average molecular weight is 367 g/mol. The van der Waals surface area contributed by atoms with E-state index in [2.05, 4.69) is 4.72 Å². The second kappa shape index (κ2) is 6.70.